The molecule has 34 heavy (non-hydrogen) atoms. The zero-order valence-corrected chi connectivity index (χ0v) is 18.6. The van der Waals surface area contributed by atoms with Gasteiger partial charge in [-0.2, -0.15) is 0 Å². The zero-order chi connectivity index (χ0) is 22.7. The van der Waals surface area contributed by atoms with Crippen LogP contribution in [0.4, 0.5) is 17.1 Å². The fraction of sp³-hybridized carbons (Fsp3) is 0. The van der Waals surface area contributed by atoms with E-state index in [1.165, 1.54) is 0 Å². The summed E-state index contributed by atoms with van der Waals surface area (Å²) in [5, 5.41) is 1.11. The van der Waals surface area contributed by atoms with Gasteiger partial charge in [-0.05, 0) is 59.7 Å². The topological polar surface area (TPSA) is 16.4 Å². The summed E-state index contributed by atoms with van der Waals surface area (Å²) in [4.78, 5) is 2.27. The lowest BCUT2D eigenvalue weighted by atomic mass is 9.97. The summed E-state index contributed by atoms with van der Waals surface area (Å²) in [6, 6.07) is 48.4. The highest BCUT2D eigenvalue weighted by Crippen LogP contribution is 2.38. The summed E-state index contributed by atoms with van der Waals surface area (Å²) in [6.45, 7) is 0. The molecule has 0 bridgehead atoms. The van der Waals surface area contributed by atoms with Crippen LogP contribution in [0, 0.1) is 0 Å². The second-order valence-corrected chi connectivity index (χ2v) is 8.25. The van der Waals surface area contributed by atoms with Crippen molar-refractivity contribution in [3.63, 3.8) is 0 Å². The fourth-order valence-corrected chi connectivity index (χ4v) is 4.46. The minimum atomic E-state index is 0.885. The lowest BCUT2D eigenvalue weighted by Gasteiger charge is -2.25. The van der Waals surface area contributed by atoms with Gasteiger partial charge in [-0.15, -0.1) is 0 Å². The van der Waals surface area contributed by atoms with Gasteiger partial charge < -0.3 is 9.32 Å². The first-order valence-electron chi connectivity index (χ1n) is 11.5. The Kier molecular flexibility index (Phi) is 5.17. The van der Waals surface area contributed by atoms with E-state index < -0.39 is 0 Å². The quantitative estimate of drug-likeness (QED) is 0.267. The predicted octanol–water partition coefficient (Wildman–Crippen LogP) is 9.24. The Hall–Kier alpha value is -4.56. The van der Waals surface area contributed by atoms with Crippen LogP contribution >= 0.6 is 0 Å². The standard InChI is InChI=1S/C32H23NO/c1-3-12-26(13-4-1)33(27-14-5-2-6-15-27)28-21-19-24(20-22-28)29-16-8-9-17-30(29)32-23-25-11-7-10-18-31(25)34-32/h1-23H. The molecule has 0 amide bonds. The summed E-state index contributed by atoms with van der Waals surface area (Å²) in [7, 11) is 0. The number of hydrogen-bond acceptors (Lipinski definition) is 2. The Morgan fingerprint density at radius 3 is 1.62 bits per heavy atom. The molecule has 0 spiro atoms. The monoisotopic (exact) mass is 437 g/mol. The van der Waals surface area contributed by atoms with E-state index in [9.17, 15) is 0 Å². The number of hydrogen-bond donors (Lipinski definition) is 0. The highest BCUT2D eigenvalue weighted by molar-refractivity contribution is 5.88. The normalized spacial score (nSPS) is 10.9. The first-order valence-corrected chi connectivity index (χ1v) is 11.5. The summed E-state index contributed by atoms with van der Waals surface area (Å²) in [5.41, 5.74) is 7.68. The lowest BCUT2D eigenvalue weighted by Crippen LogP contribution is -2.09. The molecule has 0 saturated heterocycles. The Morgan fingerprint density at radius 2 is 0.971 bits per heavy atom. The largest absolute Gasteiger partial charge is 0.456 e. The van der Waals surface area contributed by atoms with E-state index in [1.807, 2.05) is 30.3 Å². The van der Waals surface area contributed by atoms with Crippen LogP contribution in [0.5, 0.6) is 0 Å². The van der Waals surface area contributed by atoms with Crippen LogP contribution in [0.15, 0.2) is 144 Å². The molecular formula is C32H23NO. The molecule has 0 saturated carbocycles. The smallest absolute Gasteiger partial charge is 0.136 e. The molecule has 0 unspecified atom stereocenters. The van der Waals surface area contributed by atoms with Gasteiger partial charge in [-0.25, -0.2) is 0 Å². The van der Waals surface area contributed by atoms with Crippen molar-refractivity contribution in [1.29, 1.82) is 0 Å². The average Bonchev–Trinajstić information content (AvgIpc) is 3.35. The molecule has 2 nitrogen and oxygen atoms in total. The first kappa shape index (κ1) is 20.1. The van der Waals surface area contributed by atoms with Gasteiger partial charge >= 0.3 is 0 Å². The van der Waals surface area contributed by atoms with E-state index in [-0.39, 0.29) is 0 Å². The van der Waals surface area contributed by atoms with E-state index in [1.54, 1.807) is 0 Å². The minimum absolute atomic E-state index is 0.885. The van der Waals surface area contributed by atoms with Gasteiger partial charge in [0.2, 0.25) is 0 Å². The minimum Gasteiger partial charge on any atom is -0.456 e. The number of benzene rings is 5. The lowest BCUT2D eigenvalue weighted by molar-refractivity contribution is 0.632. The highest BCUT2D eigenvalue weighted by Gasteiger charge is 2.14. The maximum atomic E-state index is 6.19. The molecule has 1 aromatic heterocycles. The third-order valence-corrected chi connectivity index (χ3v) is 6.08. The molecule has 0 aliphatic heterocycles. The number of furan rings is 1. The molecule has 2 heteroatoms. The van der Waals surface area contributed by atoms with Crippen molar-refractivity contribution in [1.82, 2.24) is 0 Å². The van der Waals surface area contributed by atoms with Crippen LogP contribution in [0.25, 0.3) is 33.4 Å². The Labute approximate surface area is 199 Å². The third kappa shape index (κ3) is 3.76. The molecule has 0 aliphatic rings. The molecule has 6 rings (SSSR count). The van der Waals surface area contributed by atoms with Crippen molar-refractivity contribution in [3.8, 4) is 22.5 Å². The number of fused-ring (bicyclic) bond motifs is 1. The van der Waals surface area contributed by atoms with Crippen LogP contribution in [0.1, 0.15) is 0 Å². The van der Waals surface area contributed by atoms with E-state index in [4.69, 9.17) is 4.42 Å². The number of para-hydroxylation sites is 3. The maximum Gasteiger partial charge on any atom is 0.136 e. The van der Waals surface area contributed by atoms with Gasteiger partial charge in [0.05, 0.1) is 0 Å². The molecule has 0 N–H and O–H groups in total. The molecule has 0 atom stereocenters. The van der Waals surface area contributed by atoms with Crippen molar-refractivity contribution in [2.45, 2.75) is 0 Å². The molecule has 0 aliphatic carbocycles. The van der Waals surface area contributed by atoms with Gasteiger partial charge in [-0.3, -0.25) is 0 Å². The third-order valence-electron chi connectivity index (χ3n) is 6.08. The number of rotatable bonds is 5. The molecule has 6 aromatic rings. The second kappa shape index (κ2) is 8.76. The van der Waals surface area contributed by atoms with Crippen molar-refractivity contribution in [3.05, 3.63) is 140 Å². The maximum absolute atomic E-state index is 6.19. The van der Waals surface area contributed by atoms with Gasteiger partial charge in [0, 0.05) is 28.0 Å². The fourth-order valence-electron chi connectivity index (χ4n) is 4.46. The van der Waals surface area contributed by atoms with Crippen molar-refractivity contribution < 1.29 is 4.42 Å². The van der Waals surface area contributed by atoms with Crippen molar-refractivity contribution in [2.75, 3.05) is 4.90 Å². The Bertz CT molecular complexity index is 1460. The highest BCUT2D eigenvalue weighted by atomic mass is 16.3. The number of anilines is 3. The van der Waals surface area contributed by atoms with E-state index in [0.717, 1.165) is 50.5 Å². The van der Waals surface area contributed by atoms with E-state index in [2.05, 4.69) is 114 Å². The molecule has 0 fully saturated rings. The zero-order valence-electron chi connectivity index (χ0n) is 18.6. The Balaban J connectivity index is 1.41. The summed E-state index contributed by atoms with van der Waals surface area (Å²) in [6.07, 6.45) is 0. The molecule has 1 heterocycles. The molecule has 162 valence electrons. The average molecular weight is 438 g/mol. The van der Waals surface area contributed by atoms with Gasteiger partial charge in [0.25, 0.3) is 0 Å². The molecular weight excluding hydrogens is 414 g/mol. The second-order valence-electron chi connectivity index (χ2n) is 8.25. The summed E-state index contributed by atoms with van der Waals surface area (Å²) >= 11 is 0. The van der Waals surface area contributed by atoms with Gasteiger partial charge in [0.1, 0.15) is 11.3 Å². The van der Waals surface area contributed by atoms with Crippen molar-refractivity contribution in [2.24, 2.45) is 0 Å². The van der Waals surface area contributed by atoms with Gasteiger partial charge in [0.15, 0.2) is 0 Å². The Morgan fingerprint density at radius 1 is 0.441 bits per heavy atom. The van der Waals surface area contributed by atoms with E-state index >= 15 is 0 Å². The van der Waals surface area contributed by atoms with Crippen LogP contribution in [0.3, 0.4) is 0 Å². The first-order chi connectivity index (χ1) is 16.9. The molecule has 5 aromatic carbocycles. The number of nitrogens with zero attached hydrogens (tertiary/aromatic N) is 1. The van der Waals surface area contributed by atoms with Crippen LogP contribution in [-0.2, 0) is 0 Å². The van der Waals surface area contributed by atoms with Gasteiger partial charge in [-0.1, -0.05) is 91.0 Å². The predicted molar refractivity (Wildman–Crippen MR) is 142 cm³/mol. The molecule has 0 radical (unpaired) electrons. The van der Waals surface area contributed by atoms with Crippen LogP contribution < -0.4 is 4.90 Å². The SMILES string of the molecule is c1ccc(N(c2ccccc2)c2ccc(-c3ccccc3-c3cc4ccccc4o3)cc2)cc1. The summed E-state index contributed by atoms with van der Waals surface area (Å²) < 4.78 is 6.19. The van der Waals surface area contributed by atoms with Crippen LogP contribution in [-0.4, -0.2) is 0 Å². The van der Waals surface area contributed by atoms with Crippen molar-refractivity contribution >= 4 is 28.0 Å². The van der Waals surface area contributed by atoms with Crippen LogP contribution in [0.2, 0.25) is 0 Å². The summed E-state index contributed by atoms with van der Waals surface area (Å²) in [5.74, 6) is 0.885. The van der Waals surface area contributed by atoms with E-state index in [0.29, 0.717) is 0 Å².